The third kappa shape index (κ3) is 9.02. The van der Waals surface area contributed by atoms with E-state index in [0.29, 0.717) is 6.42 Å². The van der Waals surface area contributed by atoms with Gasteiger partial charge in [0.05, 0.1) is 0 Å². The molecule has 0 atom stereocenters. The van der Waals surface area contributed by atoms with Crippen LogP contribution < -0.4 is 0 Å². The van der Waals surface area contributed by atoms with E-state index < -0.39 is 0 Å². The van der Waals surface area contributed by atoms with Crippen LogP contribution in [0.3, 0.4) is 0 Å². The fourth-order valence-electron chi connectivity index (χ4n) is 0.918. The summed E-state index contributed by atoms with van der Waals surface area (Å²) in [6.45, 7) is 1.68. The minimum Gasteiger partial charge on any atom is -0.389 e. The molecule has 2 nitrogen and oxygen atoms in total. The Bertz CT molecular complexity index is 181. The summed E-state index contributed by atoms with van der Waals surface area (Å²) >= 11 is 0. The van der Waals surface area contributed by atoms with Crippen molar-refractivity contribution in [2.24, 2.45) is 0 Å². The lowest BCUT2D eigenvalue weighted by Gasteiger charge is -1.91. The molecule has 0 saturated heterocycles. The van der Waals surface area contributed by atoms with Crippen LogP contribution in [-0.4, -0.2) is 17.5 Å². The molecule has 0 radical (unpaired) electrons. The van der Waals surface area contributed by atoms with Gasteiger partial charge in [-0.3, -0.25) is 4.79 Å². The fraction of sp³-hybridized carbons (Fsp3) is 0.545. The molecule has 0 aliphatic heterocycles. The highest BCUT2D eigenvalue weighted by Crippen LogP contribution is 1.97. The quantitative estimate of drug-likeness (QED) is 0.484. The first-order valence-corrected chi connectivity index (χ1v) is 4.70. The Balaban J connectivity index is 3.26. The molecule has 0 aromatic rings. The molecule has 74 valence electrons. The number of allylic oxidation sites excluding steroid dienone is 4. The second kappa shape index (κ2) is 9.20. The van der Waals surface area contributed by atoms with Gasteiger partial charge in [-0.25, -0.2) is 0 Å². The number of aliphatic hydroxyl groups is 1. The van der Waals surface area contributed by atoms with Crippen LogP contribution in [-0.2, 0) is 4.79 Å². The number of Topliss-reactive ketones (excluding diaryl/α,β-unsaturated/α-hetero) is 1. The Morgan fingerprint density at radius 2 is 1.77 bits per heavy atom. The Hall–Kier alpha value is -0.890. The zero-order valence-electron chi connectivity index (χ0n) is 8.20. The highest BCUT2D eigenvalue weighted by Gasteiger charge is 1.94. The molecule has 0 unspecified atom stereocenters. The van der Waals surface area contributed by atoms with Crippen molar-refractivity contribution in [2.75, 3.05) is 6.61 Å². The molecule has 2 heteroatoms. The number of hydrogen-bond acceptors (Lipinski definition) is 2. The van der Waals surface area contributed by atoms with Gasteiger partial charge < -0.3 is 5.11 Å². The molecule has 0 aromatic heterocycles. The van der Waals surface area contributed by atoms with E-state index in [9.17, 15) is 4.79 Å². The number of aliphatic hydroxyl groups excluding tert-OH is 1. The number of rotatable bonds is 7. The van der Waals surface area contributed by atoms with Crippen molar-refractivity contribution in [3.05, 3.63) is 24.3 Å². The molecule has 0 aliphatic carbocycles. The number of carbonyl (C=O) groups excluding carboxylic acids is 1. The summed E-state index contributed by atoms with van der Waals surface area (Å²) in [4.78, 5) is 10.7. The molecule has 0 bridgehead atoms. The van der Waals surface area contributed by atoms with E-state index in [1.165, 1.54) is 0 Å². The summed E-state index contributed by atoms with van der Waals surface area (Å²) < 4.78 is 0. The summed E-state index contributed by atoms with van der Waals surface area (Å²) in [6.07, 6.45) is 11.5. The molecule has 1 N–H and O–H groups in total. The molecule has 0 rings (SSSR count). The van der Waals surface area contributed by atoms with Crippen molar-refractivity contribution >= 4 is 5.78 Å². The van der Waals surface area contributed by atoms with Crippen LogP contribution in [0.5, 0.6) is 0 Å². The van der Waals surface area contributed by atoms with E-state index in [0.717, 1.165) is 19.3 Å². The first-order valence-electron chi connectivity index (χ1n) is 4.70. The molecule has 0 amide bonds. The normalized spacial score (nSPS) is 11.5. The maximum atomic E-state index is 10.7. The van der Waals surface area contributed by atoms with E-state index in [4.69, 9.17) is 5.11 Å². The maximum Gasteiger partial charge on any atom is 0.158 e. The van der Waals surface area contributed by atoms with Crippen molar-refractivity contribution in [2.45, 2.75) is 32.6 Å². The lowest BCUT2D eigenvalue weighted by molar-refractivity contribution is -0.121. The van der Waals surface area contributed by atoms with Crippen LogP contribution in [0.2, 0.25) is 0 Å². The van der Waals surface area contributed by atoms with Crippen LogP contribution in [0.15, 0.2) is 24.3 Å². The van der Waals surface area contributed by atoms with Gasteiger partial charge in [0, 0.05) is 6.42 Å². The van der Waals surface area contributed by atoms with E-state index in [2.05, 4.69) is 12.2 Å². The van der Waals surface area contributed by atoms with E-state index in [-0.39, 0.29) is 12.4 Å². The van der Waals surface area contributed by atoms with Gasteiger partial charge in [0.25, 0.3) is 0 Å². The smallest absolute Gasteiger partial charge is 0.158 e. The third-order valence-electron chi connectivity index (χ3n) is 1.67. The van der Waals surface area contributed by atoms with E-state index >= 15 is 0 Å². The highest BCUT2D eigenvalue weighted by atomic mass is 16.3. The average molecular weight is 182 g/mol. The molecule has 0 saturated carbocycles. The van der Waals surface area contributed by atoms with Crippen LogP contribution in [0.1, 0.15) is 32.6 Å². The van der Waals surface area contributed by atoms with Gasteiger partial charge in [-0.2, -0.15) is 0 Å². The lowest BCUT2D eigenvalue weighted by Crippen LogP contribution is -2.01. The number of carbonyl (C=O) groups is 1. The largest absolute Gasteiger partial charge is 0.389 e. The number of unbranched alkanes of at least 4 members (excludes halogenated alkanes) is 1. The van der Waals surface area contributed by atoms with Crippen molar-refractivity contribution in [3.8, 4) is 0 Å². The maximum absolute atomic E-state index is 10.7. The molecule has 0 fully saturated rings. The van der Waals surface area contributed by atoms with E-state index in [1.807, 2.05) is 19.1 Å². The Morgan fingerprint density at radius 3 is 2.38 bits per heavy atom. The summed E-state index contributed by atoms with van der Waals surface area (Å²) in [6, 6.07) is 0. The number of ketones is 1. The minimum atomic E-state index is -0.327. The topological polar surface area (TPSA) is 37.3 Å². The van der Waals surface area contributed by atoms with E-state index in [1.54, 1.807) is 0 Å². The standard InChI is InChI=1S/C11H18O2/c1-2-3-4-5-6-7-8-9-11(13)10-12/h2-3,6-7,12H,4-5,8-10H2,1H3/b3-2+,7-6+. The third-order valence-corrected chi connectivity index (χ3v) is 1.67. The molecular weight excluding hydrogens is 164 g/mol. The molecule has 0 heterocycles. The van der Waals surface area contributed by atoms with Gasteiger partial charge in [0.15, 0.2) is 5.78 Å². The summed E-state index contributed by atoms with van der Waals surface area (Å²) in [5, 5.41) is 8.42. The lowest BCUT2D eigenvalue weighted by atomic mass is 10.2. The molecule has 13 heavy (non-hydrogen) atoms. The Labute approximate surface area is 80.0 Å². The minimum absolute atomic E-state index is 0.0851. The van der Waals surface area contributed by atoms with Crippen LogP contribution in [0.4, 0.5) is 0 Å². The summed E-state index contributed by atoms with van der Waals surface area (Å²) in [5.74, 6) is -0.0851. The fourth-order valence-corrected chi connectivity index (χ4v) is 0.918. The van der Waals surface area contributed by atoms with Gasteiger partial charge in [0.2, 0.25) is 0 Å². The average Bonchev–Trinajstić information content (AvgIpc) is 2.16. The van der Waals surface area contributed by atoms with Crippen LogP contribution >= 0.6 is 0 Å². The molecular formula is C11H18O2. The van der Waals surface area contributed by atoms with Crippen molar-refractivity contribution in [1.82, 2.24) is 0 Å². The zero-order chi connectivity index (χ0) is 9.94. The predicted octanol–water partition coefficient (Wildman–Crippen LogP) is 2.24. The van der Waals surface area contributed by atoms with Crippen LogP contribution in [0, 0.1) is 0 Å². The second-order valence-corrected chi connectivity index (χ2v) is 2.85. The van der Waals surface area contributed by atoms with Gasteiger partial charge in [-0.15, -0.1) is 0 Å². The van der Waals surface area contributed by atoms with Gasteiger partial charge in [-0.05, 0) is 26.2 Å². The van der Waals surface area contributed by atoms with Crippen molar-refractivity contribution < 1.29 is 9.90 Å². The van der Waals surface area contributed by atoms with Gasteiger partial charge in [-0.1, -0.05) is 24.3 Å². The van der Waals surface area contributed by atoms with Crippen molar-refractivity contribution in [3.63, 3.8) is 0 Å². The Morgan fingerprint density at radius 1 is 1.15 bits per heavy atom. The second-order valence-electron chi connectivity index (χ2n) is 2.85. The van der Waals surface area contributed by atoms with Gasteiger partial charge in [0.1, 0.15) is 6.61 Å². The van der Waals surface area contributed by atoms with Gasteiger partial charge >= 0.3 is 0 Å². The SMILES string of the molecule is C/C=C/CC/C=C/CCC(=O)CO. The summed E-state index contributed by atoms with van der Waals surface area (Å²) in [5.41, 5.74) is 0. The molecule has 0 aromatic carbocycles. The Kier molecular flexibility index (Phi) is 8.57. The molecule has 0 spiro atoms. The highest BCUT2D eigenvalue weighted by molar-refractivity contribution is 5.79. The number of hydrogen-bond donors (Lipinski definition) is 1. The zero-order valence-corrected chi connectivity index (χ0v) is 8.20. The summed E-state index contributed by atoms with van der Waals surface area (Å²) in [7, 11) is 0. The molecule has 0 aliphatic rings. The van der Waals surface area contributed by atoms with Crippen molar-refractivity contribution in [1.29, 1.82) is 0 Å². The van der Waals surface area contributed by atoms with Crippen LogP contribution in [0.25, 0.3) is 0 Å². The monoisotopic (exact) mass is 182 g/mol. The first kappa shape index (κ1) is 12.1. The first-order chi connectivity index (χ1) is 6.31. The predicted molar refractivity (Wildman–Crippen MR) is 54.5 cm³/mol.